The van der Waals surface area contributed by atoms with Gasteiger partial charge in [0.25, 0.3) is 5.91 Å². The maximum atomic E-state index is 12.4. The Labute approximate surface area is 109 Å². The number of amidine groups is 1. The van der Waals surface area contributed by atoms with E-state index < -0.39 is 0 Å². The van der Waals surface area contributed by atoms with E-state index in [0.717, 1.165) is 5.52 Å². The van der Waals surface area contributed by atoms with Crippen LogP contribution in [0.2, 0.25) is 0 Å². The van der Waals surface area contributed by atoms with Crippen LogP contribution >= 0.6 is 0 Å². The highest BCUT2D eigenvalue weighted by atomic mass is 16.4. The van der Waals surface area contributed by atoms with Gasteiger partial charge in [-0.15, -0.1) is 0 Å². The van der Waals surface area contributed by atoms with Crippen LogP contribution in [-0.4, -0.2) is 44.6 Å². The Kier molecular flexibility index (Phi) is 3.65. The fourth-order valence-electron chi connectivity index (χ4n) is 1.82. The third-order valence-corrected chi connectivity index (χ3v) is 2.81. The molecule has 100 valence electrons. The normalized spacial score (nSPS) is 11.7. The molecule has 0 unspecified atom stereocenters. The molecule has 0 aromatic carbocycles. The zero-order chi connectivity index (χ0) is 13.8. The molecule has 2 aromatic rings. The van der Waals surface area contributed by atoms with Crippen LogP contribution in [0.15, 0.2) is 35.7 Å². The summed E-state index contributed by atoms with van der Waals surface area (Å²) in [7, 11) is 0. The number of amides is 1. The van der Waals surface area contributed by atoms with Gasteiger partial charge in [0, 0.05) is 12.7 Å². The molecule has 0 aliphatic carbocycles. The number of oxime groups is 1. The zero-order valence-electron chi connectivity index (χ0n) is 10.5. The highest BCUT2D eigenvalue weighted by molar-refractivity contribution is 6.02. The number of hydrogen-bond donors (Lipinski definition) is 2. The summed E-state index contributed by atoms with van der Waals surface area (Å²) < 4.78 is 1.63. The fourth-order valence-corrected chi connectivity index (χ4v) is 1.82. The van der Waals surface area contributed by atoms with E-state index in [-0.39, 0.29) is 18.3 Å². The van der Waals surface area contributed by atoms with Crippen molar-refractivity contribution in [3.8, 4) is 0 Å². The van der Waals surface area contributed by atoms with Crippen molar-refractivity contribution in [3.63, 3.8) is 0 Å². The average Bonchev–Trinajstić information content (AvgIpc) is 2.87. The standard InChI is InChI=1S/C12H15N5O2/c1-2-16(8-11(13)15-19)12(18)9-7-14-17-6-4-3-5-10(9)17/h3-7,19H,2,8H2,1H3,(H2,13,15). The Hall–Kier alpha value is -2.57. The number of carbonyl (C=O) groups excluding carboxylic acids is 1. The van der Waals surface area contributed by atoms with Crippen molar-refractivity contribution in [2.24, 2.45) is 10.9 Å². The molecular formula is C12H15N5O2. The van der Waals surface area contributed by atoms with Gasteiger partial charge in [0.1, 0.15) is 0 Å². The molecule has 0 bridgehead atoms. The Bertz CT molecular complexity index is 619. The molecule has 0 saturated heterocycles. The number of likely N-dealkylation sites (N-methyl/N-ethyl adjacent to an activating group) is 1. The summed E-state index contributed by atoms with van der Waals surface area (Å²) in [4.78, 5) is 13.9. The Morgan fingerprint density at radius 3 is 3.05 bits per heavy atom. The summed E-state index contributed by atoms with van der Waals surface area (Å²) in [5, 5.41) is 15.6. The molecule has 0 fully saturated rings. The van der Waals surface area contributed by atoms with Gasteiger partial charge in [-0.1, -0.05) is 11.2 Å². The number of nitrogens with zero attached hydrogens (tertiary/aromatic N) is 4. The minimum absolute atomic E-state index is 0.00771. The van der Waals surface area contributed by atoms with E-state index in [1.165, 1.54) is 11.1 Å². The van der Waals surface area contributed by atoms with E-state index in [2.05, 4.69) is 10.3 Å². The molecule has 19 heavy (non-hydrogen) atoms. The maximum absolute atomic E-state index is 12.4. The molecule has 7 heteroatoms. The van der Waals surface area contributed by atoms with E-state index >= 15 is 0 Å². The second-order valence-corrected chi connectivity index (χ2v) is 4.00. The van der Waals surface area contributed by atoms with Crippen LogP contribution in [0.1, 0.15) is 17.3 Å². The van der Waals surface area contributed by atoms with Crippen LogP contribution in [0, 0.1) is 0 Å². The lowest BCUT2D eigenvalue weighted by Gasteiger charge is -2.19. The first-order valence-corrected chi connectivity index (χ1v) is 5.85. The van der Waals surface area contributed by atoms with Crippen molar-refractivity contribution >= 4 is 17.3 Å². The largest absolute Gasteiger partial charge is 0.409 e. The summed E-state index contributed by atoms with van der Waals surface area (Å²) >= 11 is 0. The molecule has 3 N–H and O–H groups in total. The maximum Gasteiger partial charge on any atom is 0.258 e. The lowest BCUT2D eigenvalue weighted by molar-refractivity contribution is 0.0788. The number of fused-ring (bicyclic) bond motifs is 1. The second kappa shape index (κ2) is 5.38. The van der Waals surface area contributed by atoms with Gasteiger partial charge in [0.2, 0.25) is 0 Å². The van der Waals surface area contributed by atoms with Crippen LogP contribution in [0.5, 0.6) is 0 Å². The van der Waals surface area contributed by atoms with Gasteiger partial charge in [0.05, 0.1) is 23.8 Å². The first-order valence-electron chi connectivity index (χ1n) is 5.85. The Balaban J connectivity index is 2.32. The number of pyridine rings is 1. The van der Waals surface area contributed by atoms with E-state index in [1.54, 1.807) is 10.7 Å². The van der Waals surface area contributed by atoms with E-state index in [0.29, 0.717) is 12.1 Å². The van der Waals surface area contributed by atoms with Gasteiger partial charge < -0.3 is 15.8 Å². The molecule has 0 atom stereocenters. The van der Waals surface area contributed by atoms with E-state index in [4.69, 9.17) is 10.9 Å². The van der Waals surface area contributed by atoms with Crippen molar-refractivity contribution in [1.29, 1.82) is 0 Å². The number of carbonyl (C=O) groups is 1. The minimum Gasteiger partial charge on any atom is -0.409 e. The van der Waals surface area contributed by atoms with Gasteiger partial charge in [-0.25, -0.2) is 4.52 Å². The highest BCUT2D eigenvalue weighted by Crippen LogP contribution is 2.12. The van der Waals surface area contributed by atoms with Gasteiger partial charge >= 0.3 is 0 Å². The first kappa shape index (κ1) is 12.9. The van der Waals surface area contributed by atoms with Crippen molar-refractivity contribution < 1.29 is 10.0 Å². The zero-order valence-corrected chi connectivity index (χ0v) is 10.5. The predicted molar refractivity (Wildman–Crippen MR) is 70.2 cm³/mol. The highest BCUT2D eigenvalue weighted by Gasteiger charge is 2.19. The lowest BCUT2D eigenvalue weighted by Crippen LogP contribution is -2.38. The number of hydrogen-bond acceptors (Lipinski definition) is 4. The molecule has 7 nitrogen and oxygen atoms in total. The molecule has 0 spiro atoms. The molecular weight excluding hydrogens is 246 g/mol. The van der Waals surface area contributed by atoms with Crippen molar-refractivity contribution in [3.05, 3.63) is 36.2 Å². The molecule has 0 aliphatic rings. The van der Waals surface area contributed by atoms with Gasteiger partial charge in [0.15, 0.2) is 5.84 Å². The van der Waals surface area contributed by atoms with Gasteiger partial charge in [-0.3, -0.25) is 4.79 Å². The molecule has 1 amide bonds. The summed E-state index contributed by atoms with van der Waals surface area (Å²) in [6.07, 6.45) is 3.29. The smallest absolute Gasteiger partial charge is 0.258 e. The van der Waals surface area contributed by atoms with Crippen LogP contribution < -0.4 is 5.73 Å². The summed E-state index contributed by atoms with van der Waals surface area (Å²) in [5.74, 6) is -0.207. The molecule has 0 aliphatic heterocycles. The number of rotatable bonds is 4. The third kappa shape index (κ3) is 2.49. The fraction of sp³-hybridized carbons (Fsp3) is 0.250. The Morgan fingerprint density at radius 2 is 2.37 bits per heavy atom. The lowest BCUT2D eigenvalue weighted by atomic mass is 10.2. The topological polar surface area (TPSA) is 96.2 Å². The van der Waals surface area contributed by atoms with Crippen LogP contribution in [0.25, 0.3) is 5.52 Å². The van der Waals surface area contributed by atoms with E-state index in [9.17, 15) is 4.79 Å². The number of nitrogens with two attached hydrogens (primary N) is 1. The molecule has 2 rings (SSSR count). The monoisotopic (exact) mass is 261 g/mol. The quantitative estimate of drug-likeness (QED) is 0.363. The van der Waals surface area contributed by atoms with Crippen molar-refractivity contribution in [2.45, 2.75) is 6.92 Å². The van der Waals surface area contributed by atoms with Crippen LogP contribution in [0.3, 0.4) is 0 Å². The van der Waals surface area contributed by atoms with Gasteiger partial charge in [-0.05, 0) is 19.1 Å². The van der Waals surface area contributed by atoms with Crippen molar-refractivity contribution in [1.82, 2.24) is 14.5 Å². The third-order valence-electron chi connectivity index (χ3n) is 2.81. The van der Waals surface area contributed by atoms with Crippen molar-refractivity contribution in [2.75, 3.05) is 13.1 Å². The summed E-state index contributed by atoms with van der Waals surface area (Å²) in [6.45, 7) is 2.36. The molecule has 0 saturated carbocycles. The predicted octanol–water partition coefficient (Wildman–Crippen LogP) is 0.543. The SMILES string of the molecule is CCN(C/C(N)=N/O)C(=O)c1cnn2ccccc12. The minimum atomic E-state index is -0.199. The number of aromatic nitrogens is 2. The molecule has 0 radical (unpaired) electrons. The first-order chi connectivity index (χ1) is 9.17. The Morgan fingerprint density at radius 1 is 1.58 bits per heavy atom. The van der Waals surface area contributed by atoms with Crippen LogP contribution in [-0.2, 0) is 0 Å². The average molecular weight is 261 g/mol. The second-order valence-electron chi connectivity index (χ2n) is 4.00. The molecule has 2 heterocycles. The summed E-state index contributed by atoms with van der Waals surface area (Å²) in [6, 6.07) is 5.49. The van der Waals surface area contributed by atoms with Gasteiger partial charge in [-0.2, -0.15) is 5.10 Å². The summed E-state index contributed by atoms with van der Waals surface area (Å²) in [5.41, 5.74) is 6.66. The van der Waals surface area contributed by atoms with E-state index in [1.807, 2.05) is 25.1 Å². The molecule has 2 aromatic heterocycles. The van der Waals surface area contributed by atoms with Crippen LogP contribution in [0.4, 0.5) is 0 Å².